The second kappa shape index (κ2) is 5.64. The summed E-state index contributed by atoms with van der Waals surface area (Å²) in [5.74, 6) is 0. The molecule has 19 heavy (non-hydrogen) atoms. The molecule has 0 heterocycles. The highest BCUT2D eigenvalue weighted by molar-refractivity contribution is 5.74. The molecule has 1 saturated carbocycles. The lowest BCUT2D eigenvalue weighted by molar-refractivity contribution is 0.236. The van der Waals surface area contributed by atoms with Crippen LogP contribution in [0.3, 0.4) is 0 Å². The van der Waals surface area contributed by atoms with Gasteiger partial charge in [0, 0.05) is 18.0 Å². The second-order valence-corrected chi connectivity index (χ2v) is 5.78. The molecule has 2 rings (SSSR count). The maximum Gasteiger partial charge on any atom is 0.315 e. The molecule has 0 aliphatic heterocycles. The zero-order chi connectivity index (χ0) is 13.9. The van der Waals surface area contributed by atoms with Crippen LogP contribution in [0.4, 0.5) is 4.79 Å². The van der Waals surface area contributed by atoms with Crippen LogP contribution in [0.15, 0.2) is 24.3 Å². The molecule has 104 valence electrons. The van der Waals surface area contributed by atoms with Crippen molar-refractivity contribution in [2.24, 2.45) is 0 Å². The van der Waals surface area contributed by atoms with E-state index in [9.17, 15) is 4.79 Å². The number of amides is 2. The molecule has 1 aromatic rings. The van der Waals surface area contributed by atoms with Gasteiger partial charge < -0.3 is 10.6 Å². The minimum Gasteiger partial charge on any atom is -0.337 e. The second-order valence-electron chi connectivity index (χ2n) is 5.78. The number of benzene rings is 1. The number of carbonyl (C=O) groups excluding carboxylic acids is 1. The van der Waals surface area contributed by atoms with Crippen LogP contribution < -0.4 is 10.6 Å². The molecule has 2 N–H and O–H groups in total. The smallest absolute Gasteiger partial charge is 0.315 e. The molecule has 0 saturated heterocycles. The van der Waals surface area contributed by atoms with Crippen LogP contribution in [-0.2, 0) is 5.41 Å². The van der Waals surface area contributed by atoms with Crippen molar-refractivity contribution >= 4 is 6.03 Å². The minimum atomic E-state index is -0.0484. The maximum absolute atomic E-state index is 11.8. The molecule has 1 aliphatic carbocycles. The van der Waals surface area contributed by atoms with E-state index < -0.39 is 0 Å². The van der Waals surface area contributed by atoms with E-state index in [0.29, 0.717) is 0 Å². The van der Waals surface area contributed by atoms with E-state index in [4.69, 9.17) is 0 Å². The van der Waals surface area contributed by atoms with Crippen molar-refractivity contribution in [3.05, 3.63) is 35.4 Å². The summed E-state index contributed by atoms with van der Waals surface area (Å²) in [6, 6.07) is 8.86. The third kappa shape index (κ3) is 3.49. The monoisotopic (exact) mass is 260 g/mol. The van der Waals surface area contributed by atoms with E-state index in [1.54, 1.807) is 0 Å². The van der Waals surface area contributed by atoms with Crippen molar-refractivity contribution in [3.8, 4) is 0 Å². The number of rotatable bonds is 5. The van der Waals surface area contributed by atoms with Crippen LogP contribution in [0.1, 0.15) is 44.2 Å². The SMILES string of the molecule is CCC(C)NC(=O)NCC1(c2ccc(C)cc2)CC1. The number of hydrogen-bond donors (Lipinski definition) is 2. The molecular formula is C16H24N2O. The summed E-state index contributed by atoms with van der Waals surface area (Å²) in [6.45, 7) is 6.92. The van der Waals surface area contributed by atoms with Crippen molar-refractivity contribution < 1.29 is 4.79 Å². The van der Waals surface area contributed by atoms with Crippen molar-refractivity contribution in [1.82, 2.24) is 10.6 Å². The predicted molar refractivity (Wildman–Crippen MR) is 78.4 cm³/mol. The molecule has 0 radical (unpaired) electrons. The Morgan fingerprint density at radius 1 is 1.32 bits per heavy atom. The first kappa shape index (κ1) is 13.9. The first-order valence-electron chi connectivity index (χ1n) is 7.17. The first-order chi connectivity index (χ1) is 9.05. The normalized spacial score (nSPS) is 17.6. The van der Waals surface area contributed by atoms with Gasteiger partial charge in [0.25, 0.3) is 0 Å². The molecule has 3 nitrogen and oxygen atoms in total. The fourth-order valence-corrected chi connectivity index (χ4v) is 2.25. The van der Waals surface area contributed by atoms with Gasteiger partial charge in [-0.1, -0.05) is 36.8 Å². The number of urea groups is 1. The Morgan fingerprint density at radius 2 is 1.95 bits per heavy atom. The number of carbonyl (C=O) groups is 1. The van der Waals surface area contributed by atoms with Gasteiger partial charge in [-0.25, -0.2) is 4.79 Å². The Kier molecular flexibility index (Phi) is 4.13. The van der Waals surface area contributed by atoms with E-state index >= 15 is 0 Å². The summed E-state index contributed by atoms with van der Waals surface area (Å²) < 4.78 is 0. The van der Waals surface area contributed by atoms with Gasteiger partial charge in [0.1, 0.15) is 0 Å². The van der Waals surface area contributed by atoms with Gasteiger partial charge in [0.15, 0.2) is 0 Å². The molecule has 1 aromatic carbocycles. The topological polar surface area (TPSA) is 41.1 Å². The largest absolute Gasteiger partial charge is 0.337 e. The molecule has 0 aromatic heterocycles. The summed E-state index contributed by atoms with van der Waals surface area (Å²) in [6.07, 6.45) is 3.29. The van der Waals surface area contributed by atoms with Crippen LogP contribution in [0.25, 0.3) is 0 Å². The quantitative estimate of drug-likeness (QED) is 0.839. The summed E-state index contributed by atoms with van der Waals surface area (Å²) in [5.41, 5.74) is 2.81. The van der Waals surface area contributed by atoms with Crippen molar-refractivity contribution in [2.75, 3.05) is 6.54 Å². The summed E-state index contributed by atoms with van der Waals surface area (Å²) >= 11 is 0. The fourth-order valence-electron chi connectivity index (χ4n) is 2.25. The summed E-state index contributed by atoms with van der Waals surface area (Å²) in [5, 5.41) is 5.95. The average molecular weight is 260 g/mol. The van der Waals surface area contributed by atoms with E-state index in [1.807, 2.05) is 6.92 Å². The molecule has 1 unspecified atom stereocenters. The third-order valence-corrected chi connectivity index (χ3v) is 4.09. The predicted octanol–water partition coefficient (Wildman–Crippen LogP) is 3.12. The van der Waals surface area contributed by atoms with Gasteiger partial charge >= 0.3 is 6.03 Å². The Morgan fingerprint density at radius 3 is 2.47 bits per heavy atom. The van der Waals surface area contributed by atoms with Gasteiger partial charge in [-0.3, -0.25) is 0 Å². The molecule has 1 aliphatic rings. The van der Waals surface area contributed by atoms with Crippen LogP contribution in [0.5, 0.6) is 0 Å². The number of hydrogen-bond acceptors (Lipinski definition) is 1. The van der Waals surface area contributed by atoms with E-state index in [-0.39, 0.29) is 17.5 Å². The van der Waals surface area contributed by atoms with Gasteiger partial charge in [-0.2, -0.15) is 0 Å². The van der Waals surface area contributed by atoms with Crippen LogP contribution in [0, 0.1) is 6.92 Å². The molecule has 3 heteroatoms. The van der Waals surface area contributed by atoms with Crippen molar-refractivity contribution in [2.45, 2.75) is 51.5 Å². The first-order valence-corrected chi connectivity index (χ1v) is 7.17. The van der Waals surface area contributed by atoms with Gasteiger partial charge in [-0.05, 0) is 38.7 Å². The standard InChI is InChI=1S/C16H24N2O/c1-4-13(3)18-15(19)17-11-16(9-10-16)14-7-5-12(2)6-8-14/h5-8,13H,4,9-11H2,1-3H3,(H2,17,18,19). The highest BCUT2D eigenvalue weighted by Crippen LogP contribution is 2.47. The van der Waals surface area contributed by atoms with Gasteiger partial charge in [-0.15, -0.1) is 0 Å². The van der Waals surface area contributed by atoms with Gasteiger partial charge in [0.2, 0.25) is 0 Å². The van der Waals surface area contributed by atoms with E-state index in [1.165, 1.54) is 24.0 Å². The minimum absolute atomic E-state index is 0.0484. The van der Waals surface area contributed by atoms with Crippen LogP contribution >= 0.6 is 0 Å². The Bertz CT molecular complexity index is 435. The maximum atomic E-state index is 11.8. The van der Waals surface area contributed by atoms with Crippen LogP contribution in [0.2, 0.25) is 0 Å². The number of aryl methyl sites for hydroxylation is 1. The fraction of sp³-hybridized carbons (Fsp3) is 0.562. The lowest BCUT2D eigenvalue weighted by Gasteiger charge is -2.18. The lowest BCUT2D eigenvalue weighted by Crippen LogP contribution is -2.43. The molecule has 2 amide bonds. The Hall–Kier alpha value is -1.51. The van der Waals surface area contributed by atoms with E-state index in [2.05, 4.69) is 48.7 Å². The molecule has 0 spiro atoms. The van der Waals surface area contributed by atoms with Crippen LogP contribution in [-0.4, -0.2) is 18.6 Å². The van der Waals surface area contributed by atoms with Crippen molar-refractivity contribution in [1.29, 1.82) is 0 Å². The summed E-state index contributed by atoms with van der Waals surface area (Å²) in [7, 11) is 0. The molecule has 1 atom stereocenters. The third-order valence-electron chi connectivity index (χ3n) is 4.09. The Labute approximate surface area is 115 Å². The zero-order valence-corrected chi connectivity index (χ0v) is 12.1. The Balaban J connectivity index is 1.88. The molecule has 0 bridgehead atoms. The van der Waals surface area contributed by atoms with Gasteiger partial charge in [0.05, 0.1) is 0 Å². The zero-order valence-electron chi connectivity index (χ0n) is 12.1. The van der Waals surface area contributed by atoms with Crippen molar-refractivity contribution in [3.63, 3.8) is 0 Å². The lowest BCUT2D eigenvalue weighted by atomic mass is 9.95. The molecule has 1 fully saturated rings. The summed E-state index contributed by atoms with van der Waals surface area (Å²) in [4.78, 5) is 11.8. The average Bonchev–Trinajstić information content (AvgIpc) is 3.18. The molecular weight excluding hydrogens is 236 g/mol. The highest BCUT2D eigenvalue weighted by atomic mass is 16.2. The number of nitrogens with one attached hydrogen (secondary N) is 2. The van der Waals surface area contributed by atoms with E-state index in [0.717, 1.165) is 13.0 Å². The highest BCUT2D eigenvalue weighted by Gasteiger charge is 2.44.